The van der Waals surface area contributed by atoms with Crippen molar-refractivity contribution in [3.8, 4) is 0 Å². The molecule has 1 heteroatoms. The summed E-state index contributed by atoms with van der Waals surface area (Å²) in [5.41, 5.74) is 1.24. The Hall–Kier alpha value is -0.820. The van der Waals surface area contributed by atoms with E-state index in [0.29, 0.717) is 0 Å². The van der Waals surface area contributed by atoms with Crippen molar-refractivity contribution in [2.75, 3.05) is 6.61 Å². The minimum absolute atomic E-state index is 0.733. The third kappa shape index (κ3) is 2.19. The van der Waals surface area contributed by atoms with Crippen LogP contribution in [0.3, 0.4) is 0 Å². The zero-order valence-corrected chi connectivity index (χ0v) is 6.21. The molecule has 1 aromatic carbocycles. The van der Waals surface area contributed by atoms with E-state index >= 15 is 0 Å². The molecule has 0 fully saturated rings. The Balaban J connectivity index is 2.43. The first-order valence-corrected chi connectivity index (χ1v) is 3.55. The van der Waals surface area contributed by atoms with Gasteiger partial charge < -0.3 is 4.74 Å². The lowest BCUT2D eigenvalue weighted by Crippen LogP contribution is -1.90. The van der Waals surface area contributed by atoms with E-state index in [-0.39, 0.29) is 0 Å². The zero-order valence-electron chi connectivity index (χ0n) is 6.21. The quantitative estimate of drug-likeness (QED) is 0.580. The van der Waals surface area contributed by atoms with Gasteiger partial charge in [-0.2, -0.15) is 0 Å². The highest BCUT2D eigenvalue weighted by atomic mass is 16.5. The second-order valence-electron chi connectivity index (χ2n) is 2.12. The molecule has 54 valence electrons. The predicted octanol–water partition coefficient (Wildman–Crippen LogP) is 2.22. The second-order valence-corrected chi connectivity index (χ2v) is 2.12. The lowest BCUT2D eigenvalue weighted by Gasteiger charge is -1.98. The first-order chi connectivity index (χ1) is 4.93. The van der Waals surface area contributed by atoms with Gasteiger partial charge >= 0.3 is 0 Å². The smallest absolute Gasteiger partial charge is 0.0716 e. The molecule has 0 atom stereocenters. The summed E-state index contributed by atoms with van der Waals surface area (Å²) in [5, 5.41) is 0. The SMILES string of the molecule is C[13CH2]OCc1ccccc1. The van der Waals surface area contributed by atoms with Gasteiger partial charge in [-0.25, -0.2) is 0 Å². The van der Waals surface area contributed by atoms with E-state index < -0.39 is 0 Å². The Labute approximate surface area is 61.6 Å². The largest absolute Gasteiger partial charge is 0.377 e. The summed E-state index contributed by atoms with van der Waals surface area (Å²) >= 11 is 0. The fourth-order valence-corrected chi connectivity index (χ4v) is 0.794. The van der Waals surface area contributed by atoms with Crippen LogP contribution >= 0.6 is 0 Å². The van der Waals surface area contributed by atoms with E-state index in [1.165, 1.54) is 5.56 Å². The van der Waals surface area contributed by atoms with Gasteiger partial charge in [0, 0.05) is 6.61 Å². The van der Waals surface area contributed by atoms with Crippen LogP contribution in [-0.2, 0) is 11.3 Å². The Morgan fingerprint density at radius 3 is 2.50 bits per heavy atom. The van der Waals surface area contributed by atoms with Crippen molar-refractivity contribution < 1.29 is 4.74 Å². The van der Waals surface area contributed by atoms with Gasteiger partial charge in [-0.1, -0.05) is 30.3 Å². The fraction of sp³-hybridized carbons (Fsp3) is 0.333. The molecule has 0 aliphatic rings. The average Bonchev–Trinajstić information content (AvgIpc) is 2.03. The van der Waals surface area contributed by atoms with Gasteiger partial charge in [-0.3, -0.25) is 0 Å². The van der Waals surface area contributed by atoms with E-state index in [1.807, 2.05) is 25.1 Å². The van der Waals surface area contributed by atoms with Crippen molar-refractivity contribution >= 4 is 0 Å². The molecule has 0 N–H and O–H groups in total. The monoisotopic (exact) mass is 137 g/mol. The highest BCUT2D eigenvalue weighted by molar-refractivity contribution is 5.13. The third-order valence-electron chi connectivity index (χ3n) is 1.32. The fourth-order valence-electron chi connectivity index (χ4n) is 0.794. The minimum Gasteiger partial charge on any atom is -0.377 e. The highest BCUT2D eigenvalue weighted by Crippen LogP contribution is 1.99. The Morgan fingerprint density at radius 1 is 1.20 bits per heavy atom. The summed E-state index contributed by atoms with van der Waals surface area (Å²) in [5.74, 6) is 0. The van der Waals surface area contributed by atoms with E-state index in [0.717, 1.165) is 13.2 Å². The molecule has 0 radical (unpaired) electrons. The van der Waals surface area contributed by atoms with Crippen LogP contribution < -0.4 is 0 Å². The van der Waals surface area contributed by atoms with E-state index in [1.54, 1.807) is 0 Å². The number of benzene rings is 1. The number of ether oxygens (including phenoxy) is 1. The number of hydrogen-bond acceptors (Lipinski definition) is 1. The van der Waals surface area contributed by atoms with Crippen LogP contribution in [0, 0.1) is 0 Å². The molecule has 1 nitrogen and oxygen atoms in total. The van der Waals surface area contributed by atoms with Crippen LogP contribution in [0.1, 0.15) is 12.5 Å². The van der Waals surface area contributed by atoms with Gasteiger partial charge in [0.2, 0.25) is 0 Å². The lowest BCUT2D eigenvalue weighted by molar-refractivity contribution is 0.134. The van der Waals surface area contributed by atoms with Crippen molar-refractivity contribution in [3.63, 3.8) is 0 Å². The molecule has 0 unspecified atom stereocenters. The zero-order chi connectivity index (χ0) is 7.23. The Bertz CT molecular complexity index is 169. The van der Waals surface area contributed by atoms with Gasteiger partial charge in [0.1, 0.15) is 0 Å². The van der Waals surface area contributed by atoms with Crippen molar-refractivity contribution in [1.29, 1.82) is 0 Å². The third-order valence-corrected chi connectivity index (χ3v) is 1.32. The molecule has 0 bridgehead atoms. The number of hydrogen-bond donors (Lipinski definition) is 0. The molecule has 0 spiro atoms. The molecule has 0 aliphatic heterocycles. The van der Waals surface area contributed by atoms with Gasteiger partial charge in [0.15, 0.2) is 0 Å². The summed E-state index contributed by atoms with van der Waals surface area (Å²) in [7, 11) is 0. The minimum atomic E-state index is 0.733. The molecule has 0 aliphatic carbocycles. The molecule has 0 amide bonds. The molecule has 0 saturated heterocycles. The summed E-state index contributed by atoms with van der Waals surface area (Å²) in [6, 6.07) is 10.2. The van der Waals surface area contributed by atoms with E-state index in [2.05, 4.69) is 12.1 Å². The van der Waals surface area contributed by atoms with Crippen molar-refractivity contribution in [2.45, 2.75) is 13.5 Å². The molecule has 0 heterocycles. The van der Waals surface area contributed by atoms with Crippen LogP contribution in [0.5, 0.6) is 0 Å². The lowest BCUT2D eigenvalue weighted by atomic mass is 10.2. The second kappa shape index (κ2) is 4.07. The number of rotatable bonds is 3. The Kier molecular flexibility index (Phi) is 2.97. The summed E-state index contributed by atoms with van der Waals surface area (Å²) in [6.45, 7) is 3.52. The van der Waals surface area contributed by atoms with Crippen molar-refractivity contribution in [2.24, 2.45) is 0 Å². The maximum Gasteiger partial charge on any atom is 0.0716 e. The van der Waals surface area contributed by atoms with Crippen LogP contribution in [0.25, 0.3) is 0 Å². The van der Waals surface area contributed by atoms with E-state index in [9.17, 15) is 0 Å². The van der Waals surface area contributed by atoms with Gasteiger partial charge in [-0.05, 0) is 12.5 Å². The van der Waals surface area contributed by atoms with Crippen molar-refractivity contribution in [3.05, 3.63) is 35.9 Å². The topological polar surface area (TPSA) is 9.23 Å². The Morgan fingerprint density at radius 2 is 1.90 bits per heavy atom. The van der Waals surface area contributed by atoms with Crippen LogP contribution in [0.15, 0.2) is 30.3 Å². The van der Waals surface area contributed by atoms with E-state index in [4.69, 9.17) is 4.74 Å². The summed E-state index contributed by atoms with van der Waals surface area (Å²) < 4.78 is 5.22. The van der Waals surface area contributed by atoms with Crippen LogP contribution in [0.2, 0.25) is 0 Å². The van der Waals surface area contributed by atoms with Gasteiger partial charge in [-0.15, -0.1) is 0 Å². The first kappa shape index (κ1) is 7.29. The first-order valence-electron chi connectivity index (χ1n) is 3.55. The molecule has 0 aromatic heterocycles. The average molecular weight is 137 g/mol. The highest BCUT2D eigenvalue weighted by Gasteiger charge is 1.86. The predicted molar refractivity (Wildman–Crippen MR) is 41.8 cm³/mol. The standard InChI is InChI=1S/C9H12O/c1-2-10-8-9-6-4-3-5-7-9/h3-7H,2,8H2,1H3/i2+1. The molecule has 1 aromatic rings. The maximum absolute atomic E-state index is 5.22. The molecule has 1 rings (SSSR count). The van der Waals surface area contributed by atoms with Gasteiger partial charge in [0.05, 0.1) is 6.61 Å². The molecule has 10 heavy (non-hydrogen) atoms. The van der Waals surface area contributed by atoms with Gasteiger partial charge in [0.25, 0.3) is 0 Å². The van der Waals surface area contributed by atoms with Crippen LogP contribution in [-0.4, -0.2) is 6.61 Å². The van der Waals surface area contributed by atoms with Crippen molar-refractivity contribution in [1.82, 2.24) is 0 Å². The maximum atomic E-state index is 5.22. The molecular weight excluding hydrogens is 125 g/mol. The summed E-state index contributed by atoms with van der Waals surface area (Å²) in [6.07, 6.45) is 0. The molecular formula is C9H12O. The normalized spacial score (nSPS) is 9.70. The van der Waals surface area contributed by atoms with Crippen LogP contribution in [0.4, 0.5) is 0 Å². The molecule has 0 saturated carbocycles. The summed E-state index contributed by atoms with van der Waals surface area (Å²) in [4.78, 5) is 0.